The number of ether oxygens (including phenoxy) is 1. The maximum Gasteiger partial charge on any atom is 0.356 e. The van der Waals surface area contributed by atoms with Crippen LogP contribution in [0.25, 0.3) is 11.3 Å². The molecule has 2 aromatic carbocycles. The molecule has 1 N–H and O–H groups in total. The van der Waals surface area contributed by atoms with Crippen molar-refractivity contribution in [1.29, 1.82) is 0 Å². The van der Waals surface area contributed by atoms with Gasteiger partial charge in [0.25, 0.3) is 0 Å². The van der Waals surface area contributed by atoms with Crippen molar-refractivity contribution in [1.82, 2.24) is 9.97 Å². The summed E-state index contributed by atoms with van der Waals surface area (Å²) in [4.78, 5) is 19.0. The summed E-state index contributed by atoms with van der Waals surface area (Å²) in [6.45, 7) is 2.44. The van der Waals surface area contributed by atoms with Gasteiger partial charge in [0.05, 0.1) is 18.1 Å². The SMILES string of the molecule is Cc1cc(-c2cncc(C(=O)O)n2)ccc1OCc1ccccc1. The van der Waals surface area contributed by atoms with E-state index in [1.807, 2.05) is 55.5 Å². The number of nitrogens with zero attached hydrogens (tertiary/aromatic N) is 2. The average molecular weight is 320 g/mol. The number of aryl methyl sites for hydroxylation is 1. The normalized spacial score (nSPS) is 10.4. The number of aromatic carboxylic acids is 1. The van der Waals surface area contributed by atoms with E-state index < -0.39 is 5.97 Å². The topological polar surface area (TPSA) is 72.3 Å². The third-order valence-electron chi connectivity index (χ3n) is 3.56. The Hall–Kier alpha value is -3.21. The molecular formula is C19H16N2O3. The fraction of sp³-hybridized carbons (Fsp3) is 0.105. The van der Waals surface area contributed by atoms with Gasteiger partial charge in [0.1, 0.15) is 12.4 Å². The Morgan fingerprint density at radius 1 is 1.12 bits per heavy atom. The Labute approximate surface area is 139 Å². The lowest BCUT2D eigenvalue weighted by atomic mass is 10.1. The molecule has 0 saturated heterocycles. The van der Waals surface area contributed by atoms with Crippen molar-refractivity contribution in [3.05, 3.63) is 77.7 Å². The van der Waals surface area contributed by atoms with Crippen molar-refractivity contribution >= 4 is 5.97 Å². The maximum absolute atomic E-state index is 11.0. The fourth-order valence-electron chi connectivity index (χ4n) is 2.31. The highest BCUT2D eigenvalue weighted by Crippen LogP contribution is 2.25. The van der Waals surface area contributed by atoms with Crippen molar-refractivity contribution < 1.29 is 14.6 Å². The number of rotatable bonds is 5. The second kappa shape index (κ2) is 6.91. The van der Waals surface area contributed by atoms with Crippen LogP contribution in [-0.2, 0) is 6.61 Å². The molecule has 0 atom stereocenters. The van der Waals surface area contributed by atoms with Crippen LogP contribution in [0.5, 0.6) is 5.75 Å². The molecule has 0 bridgehead atoms. The van der Waals surface area contributed by atoms with E-state index in [0.717, 1.165) is 22.4 Å². The largest absolute Gasteiger partial charge is 0.489 e. The Kier molecular flexibility index (Phi) is 4.52. The quantitative estimate of drug-likeness (QED) is 0.775. The van der Waals surface area contributed by atoms with Crippen molar-refractivity contribution in [2.75, 3.05) is 0 Å². The number of aromatic nitrogens is 2. The third kappa shape index (κ3) is 3.57. The van der Waals surface area contributed by atoms with Crippen molar-refractivity contribution in [3.63, 3.8) is 0 Å². The standard InChI is InChI=1S/C19H16N2O3/c1-13-9-15(16-10-20-11-17(21-16)19(22)23)7-8-18(13)24-12-14-5-3-2-4-6-14/h2-11H,12H2,1H3,(H,22,23). The van der Waals surface area contributed by atoms with Gasteiger partial charge in [-0.1, -0.05) is 30.3 Å². The van der Waals surface area contributed by atoms with Crippen LogP contribution in [0.4, 0.5) is 0 Å². The van der Waals surface area contributed by atoms with Gasteiger partial charge in [-0.05, 0) is 36.2 Å². The van der Waals surface area contributed by atoms with E-state index in [4.69, 9.17) is 9.84 Å². The molecule has 0 aliphatic rings. The van der Waals surface area contributed by atoms with Gasteiger partial charge in [0, 0.05) is 5.56 Å². The second-order valence-electron chi connectivity index (χ2n) is 5.35. The van der Waals surface area contributed by atoms with Crippen LogP contribution in [0, 0.1) is 6.92 Å². The van der Waals surface area contributed by atoms with Crippen LogP contribution >= 0.6 is 0 Å². The zero-order valence-corrected chi connectivity index (χ0v) is 13.1. The molecule has 0 fully saturated rings. The van der Waals surface area contributed by atoms with Crippen LogP contribution in [0.15, 0.2) is 60.9 Å². The van der Waals surface area contributed by atoms with E-state index in [1.165, 1.54) is 6.20 Å². The highest BCUT2D eigenvalue weighted by Gasteiger charge is 2.09. The van der Waals surface area contributed by atoms with E-state index in [1.54, 1.807) is 6.20 Å². The van der Waals surface area contributed by atoms with Gasteiger partial charge in [-0.2, -0.15) is 0 Å². The molecule has 0 saturated carbocycles. The summed E-state index contributed by atoms with van der Waals surface area (Å²) in [7, 11) is 0. The molecule has 5 heteroatoms. The minimum atomic E-state index is -1.09. The first-order chi connectivity index (χ1) is 11.6. The number of carboxylic acid groups (broad SMARTS) is 1. The molecule has 0 amide bonds. The minimum Gasteiger partial charge on any atom is -0.489 e. The van der Waals surface area contributed by atoms with Crippen molar-refractivity contribution in [2.45, 2.75) is 13.5 Å². The Morgan fingerprint density at radius 3 is 2.62 bits per heavy atom. The average Bonchev–Trinajstić information content (AvgIpc) is 2.61. The summed E-state index contributed by atoms with van der Waals surface area (Å²) in [6, 6.07) is 15.6. The number of carbonyl (C=O) groups is 1. The smallest absolute Gasteiger partial charge is 0.356 e. The Bertz CT molecular complexity index is 863. The summed E-state index contributed by atoms with van der Waals surface area (Å²) in [5.74, 6) is -0.311. The molecule has 0 unspecified atom stereocenters. The molecule has 0 spiro atoms. The molecule has 24 heavy (non-hydrogen) atoms. The summed E-state index contributed by atoms with van der Waals surface area (Å²) in [5.41, 5.74) is 3.30. The number of hydrogen-bond donors (Lipinski definition) is 1. The Morgan fingerprint density at radius 2 is 1.92 bits per heavy atom. The molecule has 0 aliphatic carbocycles. The first kappa shape index (κ1) is 15.7. The molecule has 120 valence electrons. The van der Waals surface area contributed by atoms with Gasteiger partial charge >= 0.3 is 5.97 Å². The van der Waals surface area contributed by atoms with E-state index in [9.17, 15) is 4.79 Å². The van der Waals surface area contributed by atoms with Crippen LogP contribution in [0.3, 0.4) is 0 Å². The highest BCUT2D eigenvalue weighted by atomic mass is 16.5. The summed E-state index contributed by atoms with van der Waals surface area (Å²) in [6.07, 6.45) is 2.78. The van der Waals surface area contributed by atoms with E-state index >= 15 is 0 Å². The molecule has 3 rings (SSSR count). The van der Waals surface area contributed by atoms with Gasteiger partial charge in [-0.15, -0.1) is 0 Å². The van der Waals surface area contributed by atoms with Gasteiger partial charge < -0.3 is 9.84 Å². The van der Waals surface area contributed by atoms with Crippen LogP contribution in [0.1, 0.15) is 21.6 Å². The fourth-order valence-corrected chi connectivity index (χ4v) is 2.31. The number of benzene rings is 2. The van der Waals surface area contributed by atoms with Gasteiger partial charge in [0.2, 0.25) is 0 Å². The van der Waals surface area contributed by atoms with Crippen LogP contribution in [0.2, 0.25) is 0 Å². The molecule has 0 aliphatic heterocycles. The second-order valence-corrected chi connectivity index (χ2v) is 5.35. The molecule has 0 radical (unpaired) electrons. The first-order valence-electron chi connectivity index (χ1n) is 7.46. The van der Waals surface area contributed by atoms with Crippen LogP contribution in [-0.4, -0.2) is 21.0 Å². The third-order valence-corrected chi connectivity index (χ3v) is 3.56. The summed E-state index contributed by atoms with van der Waals surface area (Å²) >= 11 is 0. The maximum atomic E-state index is 11.0. The van der Waals surface area contributed by atoms with E-state index in [0.29, 0.717) is 12.3 Å². The van der Waals surface area contributed by atoms with Gasteiger partial charge in [0.15, 0.2) is 5.69 Å². The van der Waals surface area contributed by atoms with Crippen molar-refractivity contribution in [2.24, 2.45) is 0 Å². The Balaban J connectivity index is 1.79. The molecule has 1 heterocycles. The predicted octanol–water partition coefficient (Wildman–Crippen LogP) is 3.73. The van der Waals surface area contributed by atoms with Crippen molar-refractivity contribution in [3.8, 4) is 17.0 Å². The first-order valence-corrected chi connectivity index (χ1v) is 7.46. The van der Waals surface area contributed by atoms with E-state index in [2.05, 4.69) is 9.97 Å². The monoisotopic (exact) mass is 320 g/mol. The number of hydrogen-bond acceptors (Lipinski definition) is 4. The minimum absolute atomic E-state index is 0.0745. The lowest BCUT2D eigenvalue weighted by Crippen LogP contribution is -2.02. The number of carboxylic acids is 1. The lowest BCUT2D eigenvalue weighted by molar-refractivity contribution is 0.0690. The van der Waals surface area contributed by atoms with E-state index in [-0.39, 0.29) is 5.69 Å². The van der Waals surface area contributed by atoms with Crippen LogP contribution < -0.4 is 4.74 Å². The van der Waals surface area contributed by atoms with Gasteiger partial charge in [-0.3, -0.25) is 4.98 Å². The van der Waals surface area contributed by atoms with Gasteiger partial charge in [-0.25, -0.2) is 9.78 Å². The molecule has 3 aromatic rings. The predicted molar refractivity (Wildman–Crippen MR) is 89.9 cm³/mol. The zero-order chi connectivity index (χ0) is 16.9. The molecule has 1 aromatic heterocycles. The molecule has 5 nitrogen and oxygen atoms in total. The zero-order valence-electron chi connectivity index (χ0n) is 13.1. The summed E-state index contributed by atoms with van der Waals surface area (Å²) in [5, 5.41) is 9.01. The lowest BCUT2D eigenvalue weighted by Gasteiger charge is -2.11. The highest BCUT2D eigenvalue weighted by molar-refractivity contribution is 5.85. The molecular weight excluding hydrogens is 304 g/mol. The summed E-state index contributed by atoms with van der Waals surface area (Å²) < 4.78 is 5.85.